The highest BCUT2D eigenvalue weighted by molar-refractivity contribution is 8.76. The van der Waals surface area contributed by atoms with Gasteiger partial charge < -0.3 is 79.7 Å². The molecule has 0 saturated heterocycles. The van der Waals surface area contributed by atoms with Gasteiger partial charge in [0.2, 0.25) is 35.4 Å². The first-order valence-electron chi connectivity index (χ1n) is 17.1. The van der Waals surface area contributed by atoms with Gasteiger partial charge in [-0.15, -0.1) is 0 Å². The Kier molecular flexibility index (Phi) is 29.7. The minimum absolute atomic E-state index is 0.0256. The largest absolute Gasteiger partial charge is 0.480 e. The van der Waals surface area contributed by atoms with Crippen molar-refractivity contribution in [3.05, 3.63) is 0 Å². The fourth-order valence-electron chi connectivity index (χ4n) is 3.68. The van der Waals surface area contributed by atoms with E-state index in [0.29, 0.717) is 0 Å². The highest BCUT2D eigenvalue weighted by Gasteiger charge is 2.26. The lowest BCUT2D eigenvalue weighted by Crippen LogP contribution is -2.50. The van der Waals surface area contributed by atoms with E-state index < -0.39 is 127 Å². The molecule has 60 heavy (non-hydrogen) atoms. The van der Waals surface area contributed by atoms with E-state index in [1.807, 2.05) is 0 Å². The maximum absolute atomic E-state index is 12.4. The van der Waals surface area contributed by atoms with E-state index in [4.69, 9.17) is 47.8 Å². The monoisotopic (exact) mass is 919 g/mol. The predicted octanol–water partition coefficient (Wildman–Crippen LogP) is -6.08. The van der Waals surface area contributed by atoms with Crippen LogP contribution in [0.2, 0.25) is 0 Å². The number of nitrogens with one attached hydrogen (secondary N) is 6. The van der Waals surface area contributed by atoms with Crippen LogP contribution in [0, 0.1) is 0 Å². The molecule has 0 aliphatic heterocycles. The second-order valence-corrected chi connectivity index (χ2v) is 14.8. The summed E-state index contributed by atoms with van der Waals surface area (Å²) in [5.74, 6) is -12.5. The molecule has 0 fully saturated rings. The highest BCUT2D eigenvalue weighted by atomic mass is 33.1. The van der Waals surface area contributed by atoms with E-state index in [9.17, 15) is 57.5 Å². The first-order chi connectivity index (χ1) is 27.9. The maximum atomic E-state index is 12.4. The van der Waals surface area contributed by atoms with Crippen LogP contribution in [0.4, 0.5) is 0 Å². The van der Waals surface area contributed by atoms with Crippen LogP contribution < -0.4 is 49.1 Å². The molecule has 0 aromatic carbocycles. The number of nitrogens with two attached hydrogens (primary N) is 3. The van der Waals surface area contributed by atoms with Crippen LogP contribution in [0.15, 0.2) is 0 Å². The molecule has 0 aromatic rings. The van der Waals surface area contributed by atoms with Gasteiger partial charge in [0, 0.05) is 36.5 Å². The number of carbonyl (C=O) groups excluding carboxylic acids is 6. The summed E-state index contributed by atoms with van der Waals surface area (Å²) in [4.78, 5) is 136. The zero-order chi connectivity index (χ0) is 46.5. The third-order valence-corrected chi connectivity index (χ3v) is 9.72. The standard InChI is InChI=1S/C20H32N6O12S2.C10H17N3O6S/c21-9(19(35)36)1-3-13(27)25-11(17(33)23-5-15(29)30)7-39-40-8-12(18(34)24-6-16(31)32)26-14(28)4-2-10(22)20(37)38;11-5(10(18)19)1-2-7(14)13-6(4-20)9(17)12-3-8(15)16/h9-12H,1-8,21-22H2,(H,23,33)(H,24,34)(H,25,27)(H,26,28)(H,29,30)(H,31,32)(H,35,36)(H,37,38);5-6,20H,1-4,11H2,(H,12,17)(H,13,14)(H,15,16)(H,18,19). The number of carboxylic acid groups (broad SMARTS) is 6. The number of carboxylic acids is 6. The molecule has 0 aromatic heterocycles. The Morgan fingerprint density at radius 2 is 0.700 bits per heavy atom. The van der Waals surface area contributed by atoms with E-state index in [1.165, 1.54) is 0 Å². The highest BCUT2D eigenvalue weighted by Crippen LogP contribution is 2.23. The molecule has 6 atom stereocenters. The van der Waals surface area contributed by atoms with Crippen molar-refractivity contribution in [2.45, 2.75) is 74.8 Å². The molecule has 30 heteroatoms. The van der Waals surface area contributed by atoms with Crippen molar-refractivity contribution in [3.63, 3.8) is 0 Å². The van der Waals surface area contributed by atoms with Crippen molar-refractivity contribution in [3.8, 4) is 0 Å². The summed E-state index contributed by atoms with van der Waals surface area (Å²) in [6.07, 6.45) is -1.36. The Morgan fingerprint density at radius 1 is 0.450 bits per heavy atom. The molecule has 340 valence electrons. The average molecular weight is 920 g/mol. The second kappa shape index (κ2) is 31.5. The van der Waals surface area contributed by atoms with Crippen molar-refractivity contribution in [1.82, 2.24) is 31.9 Å². The molecule has 0 bridgehead atoms. The Hall–Kier alpha value is -5.43. The Balaban J connectivity index is 0. The fourth-order valence-corrected chi connectivity index (χ4v) is 6.26. The van der Waals surface area contributed by atoms with E-state index in [1.54, 1.807) is 0 Å². The van der Waals surface area contributed by atoms with Gasteiger partial charge in [0.25, 0.3) is 0 Å². The lowest BCUT2D eigenvalue weighted by atomic mass is 10.1. The van der Waals surface area contributed by atoms with Crippen molar-refractivity contribution in [2.24, 2.45) is 17.2 Å². The quantitative estimate of drug-likeness (QED) is 0.0181. The third kappa shape index (κ3) is 28.9. The smallest absolute Gasteiger partial charge is 0.322 e. The number of thiol groups is 1. The summed E-state index contributed by atoms with van der Waals surface area (Å²) in [6, 6.07) is -7.31. The van der Waals surface area contributed by atoms with Gasteiger partial charge in [-0.05, 0) is 19.3 Å². The maximum Gasteiger partial charge on any atom is 0.322 e. The van der Waals surface area contributed by atoms with Gasteiger partial charge in [-0.2, -0.15) is 12.6 Å². The minimum atomic E-state index is -1.34. The number of rotatable bonds is 30. The second-order valence-electron chi connectivity index (χ2n) is 11.9. The van der Waals surface area contributed by atoms with Gasteiger partial charge in [-0.3, -0.25) is 57.5 Å². The Morgan fingerprint density at radius 3 is 0.933 bits per heavy atom. The molecule has 0 aliphatic rings. The molecule has 0 radical (unpaired) electrons. The number of aliphatic carboxylic acids is 6. The van der Waals surface area contributed by atoms with Gasteiger partial charge >= 0.3 is 35.8 Å². The van der Waals surface area contributed by atoms with E-state index >= 15 is 0 Å². The molecular formula is C30H49N9O18S3. The summed E-state index contributed by atoms with van der Waals surface area (Å²) >= 11 is 3.87. The van der Waals surface area contributed by atoms with Crippen molar-refractivity contribution in [2.75, 3.05) is 36.9 Å². The van der Waals surface area contributed by atoms with Crippen LogP contribution in [-0.2, 0) is 57.5 Å². The number of hydrogen-bond donors (Lipinski definition) is 16. The van der Waals surface area contributed by atoms with Gasteiger partial charge in [0.1, 0.15) is 55.9 Å². The topological polar surface area (TPSA) is 476 Å². The van der Waals surface area contributed by atoms with E-state index in [0.717, 1.165) is 21.6 Å². The first-order valence-corrected chi connectivity index (χ1v) is 20.2. The van der Waals surface area contributed by atoms with Gasteiger partial charge in [-0.1, -0.05) is 21.6 Å². The summed E-state index contributed by atoms with van der Waals surface area (Å²) in [5.41, 5.74) is 15.9. The summed E-state index contributed by atoms with van der Waals surface area (Å²) in [5, 5.41) is 65.4. The molecule has 27 nitrogen and oxygen atoms in total. The summed E-state index contributed by atoms with van der Waals surface area (Å²) < 4.78 is 0. The molecule has 0 saturated carbocycles. The molecule has 6 amide bonds. The zero-order valence-corrected chi connectivity index (χ0v) is 34.1. The minimum Gasteiger partial charge on any atom is -0.480 e. The Bertz CT molecular complexity index is 1470. The molecular weight excluding hydrogens is 871 g/mol. The van der Waals surface area contributed by atoms with Crippen LogP contribution >= 0.6 is 34.2 Å². The normalized spacial score (nSPS) is 13.4. The van der Waals surface area contributed by atoms with Gasteiger partial charge in [-0.25, -0.2) is 0 Å². The fraction of sp³-hybridized carbons (Fsp3) is 0.600. The lowest BCUT2D eigenvalue weighted by Gasteiger charge is -2.20. The van der Waals surface area contributed by atoms with Crippen LogP contribution in [0.1, 0.15) is 38.5 Å². The lowest BCUT2D eigenvalue weighted by molar-refractivity contribution is -0.140. The number of amides is 6. The van der Waals surface area contributed by atoms with Crippen LogP contribution in [-0.4, -0.2) is 175 Å². The van der Waals surface area contributed by atoms with Crippen LogP contribution in [0.5, 0.6) is 0 Å². The molecule has 18 N–H and O–H groups in total. The van der Waals surface area contributed by atoms with Crippen molar-refractivity contribution < 1.29 is 88.2 Å². The average Bonchev–Trinajstić information content (AvgIpc) is 3.17. The summed E-state index contributed by atoms with van der Waals surface area (Å²) in [6.45, 7) is -2.05. The van der Waals surface area contributed by atoms with E-state index in [-0.39, 0.29) is 55.8 Å². The van der Waals surface area contributed by atoms with Crippen LogP contribution in [0.3, 0.4) is 0 Å². The SMILES string of the molecule is NC(CCC(=O)NC(CS)C(=O)NCC(=O)O)C(=O)O.NC(CCC(=O)NC(CSSCC(NC(=O)CCC(N)C(=O)O)C(=O)NCC(=O)O)C(=O)NCC(=O)O)C(=O)O. The first kappa shape index (κ1) is 56.7. The van der Waals surface area contributed by atoms with Crippen LogP contribution in [0.25, 0.3) is 0 Å². The van der Waals surface area contributed by atoms with Crippen molar-refractivity contribution in [1.29, 1.82) is 0 Å². The van der Waals surface area contributed by atoms with Crippen molar-refractivity contribution >= 4 is 105 Å². The molecule has 0 heterocycles. The van der Waals surface area contributed by atoms with E-state index in [2.05, 4.69) is 44.5 Å². The zero-order valence-electron chi connectivity index (χ0n) is 31.5. The predicted molar refractivity (Wildman–Crippen MR) is 211 cm³/mol. The molecule has 0 aliphatic carbocycles. The number of carbonyl (C=O) groups is 12. The molecule has 0 spiro atoms. The van der Waals surface area contributed by atoms with Gasteiger partial charge in [0.05, 0.1) is 0 Å². The third-order valence-electron chi connectivity index (χ3n) is 6.93. The summed E-state index contributed by atoms with van der Waals surface area (Å²) in [7, 11) is 1.89. The molecule has 6 unspecified atom stereocenters. The molecule has 0 rings (SSSR count). The Labute approximate surface area is 353 Å². The number of hydrogen-bond acceptors (Lipinski definition) is 18. The van der Waals surface area contributed by atoms with Gasteiger partial charge in [0.15, 0.2) is 0 Å².